The summed E-state index contributed by atoms with van der Waals surface area (Å²) in [5, 5.41) is 21.2. The Labute approximate surface area is 136 Å². The maximum atomic E-state index is 13.1. The van der Waals surface area contributed by atoms with Crippen LogP contribution in [0.4, 0.5) is 0 Å². The molecule has 124 valence electrons. The molecule has 0 unspecified atom stereocenters. The summed E-state index contributed by atoms with van der Waals surface area (Å²) < 4.78 is 5.98. The van der Waals surface area contributed by atoms with Crippen molar-refractivity contribution in [3.8, 4) is 17.5 Å². The van der Waals surface area contributed by atoms with E-state index in [1.54, 1.807) is 6.92 Å². The zero-order chi connectivity index (χ0) is 17.5. The third-order valence-corrected chi connectivity index (χ3v) is 5.31. The van der Waals surface area contributed by atoms with Crippen molar-refractivity contribution in [1.29, 1.82) is 0 Å². The second kappa shape index (κ2) is 4.20. The molecule has 24 heavy (non-hydrogen) atoms. The van der Waals surface area contributed by atoms with Crippen LogP contribution in [0.5, 0.6) is 17.5 Å². The molecule has 1 atom stereocenters. The molecule has 2 aromatic carbocycles. The zero-order valence-electron chi connectivity index (χ0n) is 13.8. The van der Waals surface area contributed by atoms with Crippen LogP contribution < -0.4 is 15.6 Å². The summed E-state index contributed by atoms with van der Waals surface area (Å²) >= 11 is 0. The SMILES string of the molecule is Cc1cc(=O)c2c(O)[nH]c(O)c3c(=O)c4c(c1c23)O[C@H](C)C4(C)C. The largest absolute Gasteiger partial charge is 0.494 e. The second-order valence-electron chi connectivity index (χ2n) is 7.03. The quantitative estimate of drug-likeness (QED) is 0.588. The number of pyridine rings is 1. The van der Waals surface area contributed by atoms with E-state index in [1.165, 1.54) is 6.07 Å². The maximum absolute atomic E-state index is 13.1. The molecule has 0 aliphatic carbocycles. The summed E-state index contributed by atoms with van der Waals surface area (Å²) in [6.07, 6.45) is -0.234. The molecule has 1 aliphatic rings. The molecule has 3 N–H and O–H groups in total. The van der Waals surface area contributed by atoms with Gasteiger partial charge in [0, 0.05) is 16.2 Å². The van der Waals surface area contributed by atoms with Gasteiger partial charge in [0.05, 0.1) is 16.3 Å². The highest BCUT2D eigenvalue weighted by Crippen LogP contribution is 2.48. The van der Waals surface area contributed by atoms with Crippen LogP contribution in [-0.4, -0.2) is 21.3 Å². The first-order chi connectivity index (χ1) is 11.2. The highest BCUT2D eigenvalue weighted by Gasteiger charge is 2.43. The highest BCUT2D eigenvalue weighted by atomic mass is 16.5. The van der Waals surface area contributed by atoms with Crippen LogP contribution in [0.25, 0.3) is 21.5 Å². The van der Waals surface area contributed by atoms with E-state index >= 15 is 0 Å². The number of fused-ring (bicyclic) bond motifs is 2. The van der Waals surface area contributed by atoms with Crippen LogP contribution in [0.1, 0.15) is 31.9 Å². The van der Waals surface area contributed by atoms with Crippen molar-refractivity contribution in [2.75, 3.05) is 0 Å². The lowest BCUT2D eigenvalue weighted by Crippen LogP contribution is -2.32. The van der Waals surface area contributed by atoms with E-state index < -0.39 is 22.6 Å². The predicted octanol–water partition coefficient (Wildman–Crippen LogP) is 2.26. The fourth-order valence-electron chi connectivity index (χ4n) is 3.72. The number of aryl methyl sites for hydroxylation is 1. The van der Waals surface area contributed by atoms with Gasteiger partial charge in [-0.1, -0.05) is 13.8 Å². The fourth-order valence-corrected chi connectivity index (χ4v) is 3.72. The second-order valence-corrected chi connectivity index (χ2v) is 7.03. The van der Waals surface area contributed by atoms with Gasteiger partial charge in [-0.3, -0.25) is 14.6 Å². The molecule has 4 rings (SSSR count). The Morgan fingerprint density at radius 1 is 1.08 bits per heavy atom. The first-order valence-electron chi connectivity index (χ1n) is 7.74. The summed E-state index contributed by atoms with van der Waals surface area (Å²) in [6, 6.07) is 1.41. The van der Waals surface area contributed by atoms with Gasteiger partial charge in [-0.25, -0.2) is 0 Å². The Balaban J connectivity index is 2.45. The van der Waals surface area contributed by atoms with Crippen LogP contribution in [0.15, 0.2) is 15.7 Å². The van der Waals surface area contributed by atoms with Crippen molar-refractivity contribution in [2.45, 2.75) is 39.2 Å². The van der Waals surface area contributed by atoms with Gasteiger partial charge in [0.15, 0.2) is 10.9 Å². The Bertz CT molecular complexity index is 1140. The van der Waals surface area contributed by atoms with Gasteiger partial charge >= 0.3 is 0 Å². The highest BCUT2D eigenvalue weighted by molar-refractivity contribution is 6.17. The average molecular weight is 327 g/mol. The van der Waals surface area contributed by atoms with E-state index in [4.69, 9.17) is 4.74 Å². The molecule has 2 heterocycles. The molecular weight excluding hydrogens is 310 g/mol. The Morgan fingerprint density at radius 2 is 1.71 bits per heavy atom. The van der Waals surface area contributed by atoms with Gasteiger partial charge in [0.1, 0.15) is 11.9 Å². The molecule has 1 aromatic heterocycles. The van der Waals surface area contributed by atoms with E-state index in [0.29, 0.717) is 22.3 Å². The van der Waals surface area contributed by atoms with Crippen molar-refractivity contribution in [3.05, 3.63) is 37.6 Å². The monoisotopic (exact) mass is 327 g/mol. The third-order valence-electron chi connectivity index (χ3n) is 5.31. The Hall–Kier alpha value is -2.76. The first-order valence-corrected chi connectivity index (χ1v) is 7.74. The molecule has 0 radical (unpaired) electrons. The van der Waals surface area contributed by atoms with Gasteiger partial charge < -0.3 is 14.9 Å². The molecule has 0 amide bonds. The average Bonchev–Trinajstić information content (AvgIpc) is 2.68. The minimum absolute atomic E-state index is 0.00995. The number of H-pyrrole nitrogens is 1. The van der Waals surface area contributed by atoms with Crippen LogP contribution in [0.3, 0.4) is 0 Å². The van der Waals surface area contributed by atoms with Crippen LogP contribution in [0, 0.1) is 6.92 Å². The molecular formula is C18H17NO5. The maximum Gasteiger partial charge on any atom is 0.203 e. The van der Waals surface area contributed by atoms with Crippen molar-refractivity contribution < 1.29 is 14.9 Å². The molecule has 0 saturated heterocycles. The molecule has 1 aliphatic heterocycles. The Morgan fingerprint density at radius 3 is 2.38 bits per heavy atom. The van der Waals surface area contributed by atoms with E-state index in [2.05, 4.69) is 4.98 Å². The lowest BCUT2D eigenvalue weighted by atomic mass is 9.79. The van der Waals surface area contributed by atoms with Crippen LogP contribution in [-0.2, 0) is 5.41 Å². The lowest BCUT2D eigenvalue weighted by Gasteiger charge is -2.21. The number of aromatic amines is 1. The van der Waals surface area contributed by atoms with Gasteiger partial charge in [0.25, 0.3) is 0 Å². The molecule has 0 fully saturated rings. The number of aromatic hydroxyl groups is 2. The number of rotatable bonds is 0. The molecule has 0 spiro atoms. The van der Waals surface area contributed by atoms with Gasteiger partial charge in [-0.05, 0) is 25.5 Å². The number of hydrogen-bond acceptors (Lipinski definition) is 5. The minimum Gasteiger partial charge on any atom is -0.494 e. The fraction of sp³-hybridized carbons (Fsp3) is 0.333. The summed E-state index contributed by atoms with van der Waals surface area (Å²) in [7, 11) is 0. The molecule has 6 nitrogen and oxygen atoms in total. The van der Waals surface area contributed by atoms with Crippen molar-refractivity contribution in [1.82, 2.24) is 4.98 Å². The van der Waals surface area contributed by atoms with Gasteiger partial charge in [-0.2, -0.15) is 0 Å². The lowest BCUT2D eigenvalue weighted by molar-refractivity contribution is 0.187. The summed E-state index contributed by atoms with van der Waals surface area (Å²) in [6.45, 7) is 7.47. The summed E-state index contributed by atoms with van der Waals surface area (Å²) in [5.41, 5.74) is -0.203. The van der Waals surface area contributed by atoms with Crippen molar-refractivity contribution in [3.63, 3.8) is 0 Å². The van der Waals surface area contributed by atoms with Crippen LogP contribution >= 0.6 is 0 Å². The van der Waals surface area contributed by atoms with Crippen molar-refractivity contribution in [2.24, 2.45) is 0 Å². The zero-order valence-corrected chi connectivity index (χ0v) is 13.8. The number of nitrogens with one attached hydrogen (secondary N) is 1. The van der Waals surface area contributed by atoms with E-state index in [9.17, 15) is 19.8 Å². The van der Waals surface area contributed by atoms with E-state index in [-0.39, 0.29) is 27.7 Å². The molecule has 0 saturated carbocycles. The van der Waals surface area contributed by atoms with Gasteiger partial charge in [0.2, 0.25) is 11.8 Å². The minimum atomic E-state index is -0.538. The molecule has 0 bridgehead atoms. The van der Waals surface area contributed by atoms with Crippen LogP contribution in [0.2, 0.25) is 0 Å². The standard InChI is InChI=1S/C18H17NO5/c1-6-5-8(20)10-11-9(6)15-13(18(3,4)7(2)24-15)14(21)12(11)17(23)19-16(10)22/h5,7,19,22-23H,1-4H3/t7-/m1/s1. The third kappa shape index (κ3) is 1.50. The molecule has 3 aromatic rings. The summed E-state index contributed by atoms with van der Waals surface area (Å²) in [4.78, 5) is 27.8. The van der Waals surface area contributed by atoms with Gasteiger partial charge in [-0.15, -0.1) is 0 Å². The van der Waals surface area contributed by atoms with E-state index in [0.717, 1.165) is 0 Å². The smallest absolute Gasteiger partial charge is 0.203 e. The normalized spacial score (nSPS) is 18.9. The topological polar surface area (TPSA) is 99.6 Å². The van der Waals surface area contributed by atoms with E-state index in [1.807, 2.05) is 20.8 Å². The summed E-state index contributed by atoms with van der Waals surface area (Å²) in [5.74, 6) is -0.463. The van der Waals surface area contributed by atoms with Crippen molar-refractivity contribution >= 4 is 21.5 Å². The molecule has 6 heteroatoms. The predicted molar refractivity (Wildman–Crippen MR) is 90.7 cm³/mol. The number of hydrogen-bond donors (Lipinski definition) is 3. The number of aromatic nitrogens is 1. The Kier molecular flexibility index (Phi) is 2.59. The first kappa shape index (κ1) is 14.8. The number of benzene rings is 2. The number of ether oxygens (including phenoxy) is 1.